The Hall–Kier alpha value is -0.0951. The molecule has 1 saturated heterocycles. The largest absolute Gasteiger partial charge is 0.633 e. The van der Waals surface area contributed by atoms with E-state index in [9.17, 15) is 0 Å². The molecule has 2 N–H and O–H groups in total. The third kappa shape index (κ3) is 7.79. The zero-order valence-electron chi connectivity index (χ0n) is 10.1. The molecule has 0 radical (unpaired) electrons. The zero-order chi connectivity index (χ0) is 11.7. The Balaban J connectivity index is 0.000000336. The lowest BCUT2D eigenvalue weighted by Gasteiger charge is -2.18. The van der Waals surface area contributed by atoms with Crippen molar-refractivity contribution in [2.75, 3.05) is 20.7 Å². The minimum absolute atomic E-state index is 0.917. The molecule has 5 heteroatoms. The van der Waals surface area contributed by atoms with Crippen LogP contribution in [0.3, 0.4) is 0 Å². The summed E-state index contributed by atoms with van der Waals surface area (Å²) in [6.45, 7) is 3.60. The van der Waals surface area contributed by atoms with E-state index in [1.165, 1.54) is 45.8 Å². The fraction of sp³-hybridized carbons (Fsp3) is 1.00. The van der Waals surface area contributed by atoms with E-state index in [1.807, 2.05) is 0 Å². The standard InChI is InChI=1S/C9H19N.CH5BO3/c1-3-4-6-9-7-5-8-10(9)2;1-5-2(3)4/h9H,3-8H2,1-2H3;3-4H,1H3. The molecule has 0 aromatic carbocycles. The Morgan fingerprint density at radius 1 is 1.47 bits per heavy atom. The molecular formula is C10H24BNO3. The second-order valence-corrected chi connectivity index (χ2v) is 3.98. The second kappa shape index (κ2) is 9.15. The molecule has 1 aliphatic heterocycles. The van der Waals surface area contributed by atoms with Crippen molar-refractivity contribution in [3.63, 3.8) is 0 Å². The Labute approximate surface area is 93.4 Å². The van der Waals surface area contributed by atoms with Crippen molar-refractivity contribution in [1.29, 1.82) is 0 Å². The number of nitrogens with zero attached hydrogens (tertiary/aromatic N) is 1. The maximum absolute atomic E-state index is 7.69. The maximum atomic E-state index is 7.69. The molecule has 90 valence electrons. The maximum Gasteiger partial charge on any atom is 0.633 e. The molecule has 0 amide bonds. The van der Waals surface area contributed by atoms with Gasteiger partial charge in [-0.2, -0.15) is 0 Å². The summed E-state index contributed by atoms with van der Waals surface area (Å²) in [5.74, 6) is 0. The third-order valence-corrected chi connectivity index (χ3v) is 2.77. The Kier molecular flexibility index (Phi) is 9.10. The smallest absolute Gasteiger partial charge is 0.402 e. The van der Waals surface area contributed by atoms with Gasteiger partial charge in [0.05, 0.1) is 0 Å². The average Bonchev–Trinajstić information content (AvgIpc) is 2.62. The summed E-state index contributed by atoms with van der Waals surface area (Å²) >= 11 is 0. The van der Waals surface area contributed by atoms with Crippen molar-refractivity contribution in [3.8, 4) is 0 Å². The highest BCUT2D eigenvalue weighted by molar-refractivity contribution is 6.32. The molecule has 1 fully saturated rings. The monoisotopic (exact) mass is 217 g/mol. The van der Waals surface area contributed by atoms with Gasteiger partial charge >= 0.3 is 7.32 Å². The van der Waals surface area contributed by atoms with Gasteiger partial charge in [0, 0.05) is 13.2 Å². The number of unbranched alkanes of at least 4 members (excludes halogenated alkanes) is 1. The quantitative estimate of drug-likeness (QED) is 0.686. The van der Waals surface area contributed by atoms with Crippen LogP contribution in [0.25, 0.3) is 0 Å². The molecule has 1 aliphatic rings. The number of hydrogen-bond donors (Lipinski definition) is 2. The van der Waals surface area contributed by atoms with Gasteiger partial charge < -0.3 is 19.6 Å². The van der Waals surface area contributed by atoms with Gasteiger partial charge in [0.2, 0.25) is 0 Å². The SMILES string of the molecule is CCCCC1CCCN1C.COB(O)O. The highest BCUT2D eigenvalue weighted by atomic mass is 16.6. The lowest BCUT2D eigenvalue weighted by atomic mass is 10.1. The molecule has 0 spiro atoms. The van der Waals surface area contributed by atoms with Crippen LogP contribution < -0.4 is 0 Å². The van der Waals surface area contributed by atoms with E-state index in [0.29, 0.717) is 0 Å². The summed E-state index contributed by atoms with van der Waals surface area (Å²) in [7, 11) is 1.84. The highest BCUT2D eigenvalue weighted by Crippen LogP contribution is 2.19. The van der Waals surface area contributed by atoms with Crippen molar-refractivity contribution in [2.45, 2.75) is 45.1 Å². The first-order chi connectivity index (χ1) is 7.11. The Bertz CT molecular complexity index is 147. The minimum atomic E-state index is -1.62. The van der Waals surface area contributed by atoms with Crippen LogP contribution >= 0.6 is 0 Å². The van der Waals surface area contributed by atoms with Crippen LogP contribution in [0.5, 0.6) is 0 Å². The minimum Gasteiger partial charge on any atom is -0.402 e. The van der Waals surface area contributed by atoms with Crippen LogP contribution in [-0.2, 0) is 4.65 Å². The predicted molar refractivity (Wildman–Crippen MR) is 62.4 cm³/mol. The zero-order valence-corrected chi connectivity index (χ0v) is 10.1. The van der Waals surface area contributed by atoms with Gasteiger partial charge in [-0.25, -0.2) is 0 Å². The van der Waals surface area contributed by atoms with Crippen LogP contribution in [0.15, 0.2) is 0 Å². The van der Waals surface area contributed by atoms with Crippen LogP contribution in [0, 0.1) is 0 Å². The lowest BCUT2D eigenvalue weighted by Crippen LogP contribution is -2.24. The number of likely N-dealkylation sites (tertiary alicyclic amines) is 1. The van der Waals surface area contributed by atoms with E-state index < -0.39 is 7.32 Å². The van der Waals surface area contributed by atoms with Gasteiger partial charge in [-0.15, -0.1) is 0 Å². The molecule has 1 rings (SSSR count). The highest BCUT2D eigenvalue weighted by Gasteiger charge is 2.19. The van der Waals surface area contributed by atoms with Crippen molar-refractivity contribution in [1.82, 2.24) is 4.90 Å². The van der Waals surface area contributed by atoms with Gasteiger partial charge in [0.15, 0.2) is 0 Å². The molecule has 1 atom stereocenters. The van der Waals surface area contributed by atoms with Gasteiger partial charge in [0.25, 0.3) is 0 Å². The van der Waals surface area contributed by atoms with Crippen LogP contribution in [-0.4, -0.2) is 49.0 Å². The first-order valence-electron chi connectivity index (χ1n) is 5.71. The van der Waals surface area contributed by atoms with E-state index in [4.69, 9.17) is 10.0 Å². The van der Waals surface area contributed by atoms with Gasteiger partial charge in [-0.1, -0.05) is 19.8 Å². The van der Waals surface area contributed by atoms with E-state index in [1.54, 1.807) is 0 Å². The number of hydrogen-bond acceptors (Lipinski definition) is 4. The lowest BCUT2D eigenvalue weighted by molar-refractivity contribution is 0.229. The average molecular weight is 217 g/mol. The fourth-order valence-electron chi connectivity index (χ4n) is 1.78. The molecule has 1 heterocycles. The molecule has 15 heavy (non-hydrogen) atoms. The summed E-state index contributed by atoms with van der Waals surface area (Å²) in [4.78, 5) is 2.51. The number of rotatable bonds is 4. The second-order valence-electron chi connectivity index (χ2n) is 3.98. The fourth-order valence-corrected chi connectivity index (χ4v) is 1.78. The Morgan fingerprint density at radius 2 is 2.07 bits per heavy atom. The van der Waals surface area contributed by atoms with Crippen molar-refractivity contribution >= 4 is 7.32 Å². The first-order valence-corrected chi connectivity index (χ1v) is 5.71. The van der Waals surface area contributed by atoms with Crippen molar-refractivity contribution < 1.29 is 14.7 Å². The van der Waals surface area contributed by atoms with Crippen LogP contribution in [0.4, 0.5) is 0 Å². The molecule has 1 unspecified atom stereocenters. The molecule has 0 aliphatic carbocycles. The molecule has 0 aromatic heterocycles. The molecule has 0 saturated carbocycles. The summed E-state index contributed by atoms with van der Waals surface area (Å²) in [5.41, 5.74) is 0. The van der Waals surface area contributed by atoms with Crippen LogP contribution in [0.2, 0.25) is 0 Å². The van der Waals surface area contributed by atoms with E-state index >= 15 is 0 Å². The summed E-state index contributed by atoms with van der Waals surface area (Å²) in [6.07, 6.45) is 7.05. The van der Waals surface area contributed by atoms with Crippen molar-refractivity contribution in [2.24, 2.45) is 0 Å². The van der Waals surface area contributed by atoms with Crippen LogP contribution in [0.1, 0.15) is 39.0 Å². The Morgan fingerprint density at radius 3 is 2.40 bits per heavy atom. The van der Waals surface area contributed by atoms with E-state index in [-0.39, 0.29) is 0 Å². The molecular weight excluding hydrogens is 193 g/mol. The van der Waals surface area contributed by atoms with Crippen molar-refractivity contribution in [3.05, 3.63) is 0 Å². The van der Waals surface area contributed by atoms with E-state index in [2.05, 4.69) is 23.5 Å². The van der Waals surface area contributed by atoms with Gasteiger partial charge in [-0.05, 0) is 32.9 Å². The summed E-state index contributed by atoms with van der Waals surface area (Å²) < 4.78 is 3.86. The summed E-state index contributed by atoms with van der Waals surface area (Å²) in [5, 5.41) is 15.4. The molecule has 0 bridgehead atoms. The van der Waals surface area contributed by atoms with E-state index in [0.717, 1.165) is 6.04 Å². The predicted octanol–water partition coefficient (Wildman–Crippen LogP) is 0.873. The van der Waals surface area contributed by atoms with Gasteiger partial charge in [-0.3, -0.25) is 0 Å². The van der Waals surface area contributed by atoms with Gasteiger partial charge in [0.1, 0.15) is 0 Å². The first kappa shape index (κ1) is 14.9. The topological polar surface area (TPSA) is 52.9 Å². The molecule has 4 nitrogen and oxygen atoms in total. The third-order valence-electron chi connectivity index (χ3n) is 2.77. The molecule has 0 aromatic rings. The normalized spacial score (nSPS) is 21.0. The summed E-state index contributed by atoms with van der Waals surface area (Å²) in [6, 6.07) is 0.917.